The van der Waals surface area contributed by atoms with Gasteiger partial charge in [-0.25, -0.2) is 4.79 Å². The van der Waals surface area contributed by atoms with Crippen LogP contribution in [0.3, 0.4) is 0 Å². The van der Waals surface area contributed by atoms with E-state index in [1.54, 1.807) is 12.1 Å². The fraction of sp³-hybridized carbons (Fsp3) is 0.786. The first-order valence-electron chi connectivity index (χ1n) is 19.4. The standard InChI is InChI=1S/C41H63N3O3S.CH4/c1-27(43(5)6)30-15-19-41(42-21-22-44-23-25-48(47)26-24-44)20-16-31-32-12-14-36-39(2,3)34(28-7-9-29(10-8-28)38(45)46)17-18-40(36,4)35(32)13-11-33(31)37(30)41;/h7-10,17,27,30-33,35-37,42H,11-16,18-26H2,1-6H3,(H,45,46);1H4. The van der Waals surface area contributed by atoms with Gasteiger partial charge in [0.1, 0.15) is 0 Å². The van der Waals surface area contributed by atoms with Gasteiger partial charge in [0.2, 0.25) is 0 Å². The lowest BCUT2D eigenvalue weighted by molar-refractivity contribution is -0.129. The van der Waals surface area contributed by atoms with E-state index in [1.165, 1.54) is 62.5 Å². The van der Waals surface area contributed by atoms with Crippen molar-refractivity contribution in [1.29, 1.82) is 0 Å². The van der Waals surface area contributed by atoms with Crippen molar-refractivity contribution in [2.75, 3.05) is 51.8 Å². The fourth-order valence-corrected chi connectivity index (χ4v) is 14.3. The summed E-state index contributed by atoms with van der Waals surface area (Å²) < 4.78 is 11.9. The average Bonchev–Trinajstić information content (AvgIpc) is 3.45. The molecule has 0 aromatic heterocycles. The van der Waals surface area contributed by atoms with Gasteiger partial charge in [-0.15, -0.1) is 0 Å². The van der Waals surface area contributed by atoms with Crippen LogP contribution in [0, 0.1) is 52.3 Å². The molecule has 1 aromatic carbocycles. The Morgan fingerprint density at radius 3 is 2.33 bits per heavy atom. The number of hydrogen-bond acceptors (Lipinski definition) is 5. The molecule has 5 fully saturated rings. The fourth-order valence-electron chi connectivity index (χ4n) is 13.2. The van der Waals surface area contributed by atoms with Crippen molar-refractivity contribution in [3.05, 3.63) is 41.5 Å². The maximum Gasteiger partial charge on any atom is 0.335 e. The number of hydrogen-bond donors (Lipinski definition) is 2. The quantitative estimate of drug-likeness (QED) is 0.291. The van der Waals surface area contributed by atoms with Crippen LogP contribution in [-0.2, 0) is 10.8 Å². The minimum Gasteiger partial charge on any atom is -0.478 e. The number of allylic oxidation sites excluding steroid dienone is 2. The molecule has 6 aliphatic rings. The second kappa shape index (κ2) is 14.1. The van der Waals surface area contributed by atoms with E-state index < -0.39 is 16.8 Å². The maximum absolute atomic E-state index is 11.9. The van der Waals surface area contributed by atoms with Crippen molar-refractivity contribution in [2.24, 2.45) is 52.3 Å². The van der Waals surface area contributed by atoms with E-state index in [9.17, 15) is 14.1 Å². The van der Waals surface area contributed by atoms with E-state index in [1.807, 2.05) is 12.1 Å². The first kappa shape index (κ1) is 37.2. The normalized spacial score (nSPS) is 39.5. The molecule has 2 N–H and O–H groups in total. The smallest absolute Gasteiger partial charge is 0.335 e. The predicted molar refractivity (Wildman–Crippen MR) is 204 cm³/mol. The molecule has 4 saturated carbocycles. The molecule has 7 rings (SSSR count). The third kappa shape index (κ3) is 6.44. The van der Waals surface area contributed by atoms with E-state index in [0.29, 0.717) is 22.9 Å². The maximum atomic E-state index is 11.9. The summed E-state index contributed by atoms with van der Waals surface area (Å²) in [5.74, 6) is 6.31. The average molecular weight is 694 g/mol. The minimum absolute atomic E-state index is 0. The Labute approximate surface area is 300 Å². The number of benzene rings is 1. The van der Waals surface area contributed by atoms with Gasteiger partial charge in [0.15, 0.2) is 0 Å². The first-order valence-corrected chi connectivity index (χ1v) is 20.9. The molecule has 1 aliphatic heterocycles. The van der Waals surface area contributed by atoms with Crippen LogP contribution < -0.4 is 5.32 Å². The third-order valence-corrected chi connectivity index (χ3v) is 16.9. The van der Waals surface area contributed by atoms with Gasteiger partial charge >= 0.3 is 5.97 Å². The van der Waals surface area contributed by atoms with Gasteiger partial charge < -0.3 is 20.2 Å². The number of nitrogens with one attached hydrogen (secondary N) is 1. The van der Waals surface area contributed by atoms with Crippen LogP contribution in [0.25, 0.3) is 5.57 Å². The number of nitrogens with zero attached hydrogens (tertiary/aromatic N) is 2. The van der Waals surface area contributed by atoms with Crippen LogP contribution in [0.5, 0.6) is 0 Å². The molecule has 1 heterocycles. The number of carbonyl (C=O) groups is 1. The molecule has 0 amide bonds. The van der Waals surface area contributed by atoms with Crippen LogP contribution in [0.2, 0.25) is 0 Å². The lowest BCUT2D eigenvalue weighted by Gasteiger charge is -2.65. The number of carboxylic acids is 1. The van der Waals surface area contributed by atoms with E-state index >= 15 is 0 Å². The largest absolute Gasteiger partial charge is 0.478 e. The van der Waals surface area contributed by atoms with Gasteiger partial charge in [0.25, 0.3) is 0 Å². The highest BCUT2D eigenvalue weighted by Gasteiger charge is 2.63. The van der Waals surface area contributed by atoms with E-state index in [2.05, 4.69) is 63.0 Å². The zero-order valence-corrected chi connectivity index (χ0v) is 31.5. The predicted octanol–water partition coefficient (Wildman–Crippen LogP) is 7.67. The van der Waals surface area contributed by atoms with Crippen LogP contribution >= 0.6 is 0 Å². The number of aromatic carboxylic acids is 1. The zero-order valence-electron chi connectivity index (χ0n) is 30.7. The number of rotatable bonds is 8. The summed E-state index contributed by atoms with van der Waals surface area (Å²) in [5, 5.41) is 13.8. The lowest BCUT2D eigenvalue weighted by atomic mass is 9.41. The summed E-state index contributed by atoms with van der Waals surface area (Å²) >= 11 is 0. The SMILES string of the molecule is C.CC(C1CCC2(NCCN3CCS(=O)CC3)CCC3C(CCC4C3CCC3C(C)(C)C(c5ccc(C(=O)O)cc5)=CCC43C)C12)N(C)C. The monoisotopic (exact) mass is 693 g/mol. The minimum atomic E-state index is -0.854. The molecule has 5 aliphatic carbocycles. The van der Waals surface area contributed by atoms with Crippen molar-refractivity contribution < 1.29 is 14.1 Å². The second-order valence-corrected chi connectivity index (χ2v) is 19.7. The third-order valence-electron chi connectivity index (χ3n) is 15.6. The molecule has 0 spiro atoms. The molecule has 1 saturated heterocycles. The Morgan fingerprint density at radius 1 is 0.980 bits per heavy atom. The van der Waals surface area contributed by atoms with Crippen molar-refractivity contribution in [1.82, 2.24) is 15.1 Å². The van der Waals surface area contributed by atoms with E-state index in [4.69, 9.17) is 0 Å². The van der Waals surface area contributed by atoms with Crippen LogP contribution in [-0.4, -0.2) is 88.4 Å². The summed E-state index contributed by atoms with van der Waals surface area (Å²) in [5.41, 5.74) is 3.65. The molecular formula is C42H67N3O3S. The van der Waals surface area contributed by atoms with Crippen molar-refractivity contribution >= 4 is 22.3 Å². The molecule has 6 nitrogen and oxygen atoms in total. The van der Waals surface area contributed by atoms with Gasteiger partial charge in [-0.3, -0.25) is 4.21 Å². The number of fused-ring (bicyclic) bond motifs is 7. The van der Waals surface area contributed by atoms with Crippen molar-refractivity contribution in [2.45, 2.75) is 104 Å². The summed E-state index contributed by atoms with van der Waals surface area (Å²) in [6.07, 6.45) is 14.6. The highest BCUT2D eigenvalue weighted by molar-refractivity contribution is 7.85. The Kier molecular flexibility index (Phi) is 10.7. The highest BCUT2D eigenvalue weighted by atomic mass is 32.2. The molecule has 0 bridgehead atoms. The molecule has 10 unspecified atom stereocenters. The van der Waals surface area contributed by atoms with Crippen LogP contribution in [0.4, 0.5) is 0 Å². The summed E-state index contributed by atoms with van der Waals surface area (Å²) in [6.45, 7) is 14.3. The Bertz CT molecular complexity index is 1400. The molecule has 49 heavy (non-hydrogen) atoms. The van der Waals surface area contributed by atoms with Gasteiger partial charge in [-0.1, -0.05) is 46.4 Å². The van der Waals surface area contributed by atoms with Gasteiger partial charge in [-0.05, 0) is 154 Å². The number of carboxylic acid groups (broad SMARTS) is 1. The van der Waals surface area contributed by atoms with Crippen LogP contribution in [0.15, 0.2) is 30.3 Å². The van der Waals surface area contributed by atoms with Gasteiger partial charge in [0, 0.05) is 60.1 Å². The Hall–Kier alpha value is -1.54. The summed E-state index contributed by atoms with van der Waals surface area (Å²) in [7, 11) is 3.98. The summed E-state index contributed by atoms with van der Waals surface area (Å²) in [6, 6.07) is 8.25. The molecule has 7 heteroatoms. The molecule has 1 aromatic rings. The molecular weight excluding hydrogens is 627 g/mol. The molecule has 274 valence electrons. The van der Waals surface area contributed by atoms with Crippen LogP contribution in [0.1, 0.15) is 109 Å². The second-order valence-electron chi connectivity index (χ2n) is 18.0. The topological polar surface area (TPSA) is 72.9 Å². The van der Waals surface area contributed by atoms with E-state index in [-0.39, 0.29) is 18.4 Å². The summed E-state index contributed by atoms with van der Waals surface area (Å²) in [4.78, 5) is 16.6. The van der Waals surface area contributed by atoms with Gasteiger partial charge in [-0.2, -0.15) is 0 Å². The molecule has 10 atom stereocenters. The molecule has 0 radical (unpaired) electrons. The first-order chi connectivity index (χ1) is 22.9. The highest BCUT2D eigenvalue weighted by Crippen LogP contribution is 2.69. The Balaban J connectivity index is 0.00000417. The Morgan fingerprint density at radius 2 is 1.65 bits per heavy atom. The van der Waals surface area contributed by atoms with Crippen molar-refractivity contribution in [3.63, 3.8) is 0 Å². The lowest BCUT2D eigenvalue weighted by Crippen LogP contribution is -2.62. The zero-order chi connectivity index (χ0) is 34.0. The van der Waals surface area contributed by atoms with E-state index in [0.717, 1.165) is 79.6 Å². The van der Waals surface area contributed by atoms with Gasteiger partial charge in [0.05, 0.1) is 5.56 Å². The van der Waals surface area contributed by atoms with Crippen molar-refractivity contribution in [3.8, 4) is 0 Å².